The number of hydrogen-bond acceptors (Lipinski definition) is 9. The molecule has 0 aliphatic carbocycles. The molecule has 0 spiro atoms. The minimum absolute atomic E-state index is 0. The second-order valence-corrected chi connectivity index (χ2v) is 11.0. The van der Waals surface area contributed by atoms with Crippen LogP contribution >= 0.6 is 12.4 Å². The van der Waals surface area contributed by atoms with Crippen LogP contribution in [0, 0.1) is 0 Å². The number of anilines is 2. The number of carbonyl (C=O) groups excluding carboxylic acids is 2. The normalized spacial score (nSPS) is 13.1. The highest BCUT2D eigenvalue weighted by Gasteiger charge is 2.26. The Kier molecular flexibility index (Phi) is 11.2. The van der Waals surface area contributed by atoms with E-state index in [4.69, 9.17) is 9.47 Å². The van der Waals surface area contributed by atoms with Crippen LogP contribution in [0.15, 0.2) is 54.7 Å². The van der Waals surface area contributed by atoms with Crippen LogP contribution < -0.4 is 19.3 Å². The van der Waals surface area contributed by atoms with Crippen LogP contribution in [0.4, 0.5) is 11.5 Å². The first-order valence-corrected chi connectivity index (χ1v) is 14.8. The van der Waals surface area contributed by atoms with E-state index in [1.165, 1.54) is 0 Å². The Morgan fingerprint density at radius 2 is 1.71 bits per heavy atom. The van der Waals surface area contributed by atoms with Crippen LogP contribution in [0.5, 0.6) is 11.8 Å². The van der Waals surface area contributed by atoms with Gasteiger partial charge in [0.2, 0.25) is 5.91 Å². The zero-order chi connectivity index (χ0) is 31.2. The summed E-state index contributed by atoms with van der Waals surface area (Å²) in [4.78, 5) is 42.6. The maximum Gasteiger partial charge on any atom is 0.320 e. The van der Waals surface area contributed by atoms with Gasteiger partial charge in [0.15, 0.2) is 5.65 Å². The number of rotatable bonds is 11. The standard InChI is InChI=1S/C32H40N8O4.ClH/c1-6-44-27-9-7-8-24(20-27)22-40-30-28(21-33-40)29(34-32(35-30)43-5)37-15-17-38(18-16-37)31(42)25-10-12-26(13-11-25)39(23(2)41)19-14-36(3)4;/h7-13,20-21H,6,14-19,22H2,1-5H3;1H. The smallest absolute Gasteiger partial charge is 0.320 e. The van der Waals surface area contributed by atoms with E-state index < -0.39 is 0 Å². The molecule has 3 heterocycles. The SMILES string of the molecule is CCOc1cccc(Cn2ncc3c(N4CCN(C(=O)c5ccc(N(CCN(C)C)C(C)=O)cc5)CC4)nc(OC)nc32)c1.Cl. The molecule has 12 nitrogen and oxygen atoms in total. The molecule has 1 aliphatic rings. The Morgan fingerprint density at radius 3 is 2.36 bits per heavy atom. The Labute approximate surface area is 269 Å². The average molecular weight is 637 g/mol. The molecule has 1 saturated heterocycles. The number of piperazine rings is 1. The minimum Gasteiger partial charge on any atom is -0.494 e. The predicted octanol–water partition coefficient (Wildman–Crippen LogP) is 3.58. The molecule has 2 amide bonds. The van der Waals surface area contributed by atoms with Crippen molar-refractivity contribution >= 4 is 46.8 Å². The molecule has 2 aromatic heterocycles. The highest BCUT2D eigenvalue weighted by molar-refractivity contribution is 5.96. The fourth-order valence-corrected chi connectivity index (χ4v) is 5.30. The number of carbonyl (C=O) groups is 2. The van der Waals surface area contributed by atoms with Gasteiger partial charge in [-0.1, -0.05) is 12.1 Å². The molecular formula is C32H41ClN8O4. The molecule has 0 unspecified atom stereocenters. The molecule has 1 aliphatic heterocycles. The van der Waals surface area contributed by atoms with Crippen LogP contribution in [0.1, 0.15) is 29.8 Å². The van der Waals surface area contributed by atoms with Crippen molar-refractivity contribution in [3.63, 3.8) is 0 Å². The molecule has 13 heteroatoms. The molecule has 0 bridgehead atoms. The third-order valence-corrected chi connectivity index (χ3v) is 7.62. The molecule has 0 N–H and O–H groups in total. The van der Waals surface area contributed by atoms with Crippen molar-refractivity contribution in [1.82, 2.24) is 29.5 Å². The first-order chi connectivity index (χ1) is 21.3. The van der Waals surface area contributed by atoms with Gasteiger partial charge >= 0.3 is 6.01 Å². The van der Waals surface area contributed by atoms with E-state index in [0.29, 0.717) is 57.1 Å². The summed E-state index contributed by atoms with van der Waals surface area (Å²) in [6, 6.07) is 15.5. The van der Waals surface area contributed by atoms with Gasteiger partial charge < -0.3 is 29.1 Å². The number of ether oxygens (including phenoxy) is 2. The van der Waals surface area contributed by atoms with Gasteiger partial charge in [-0.3, -0.25) is 9.59 Å². The monoisotopic (exact) mass is 636 g/mol. The van der Waals surface area contributed by atoms with Crippen molar-refractivity contribution in [1.29, 1.82) is 0 Å². The molecular weight excluding hydrogens is 596 g/mol. The highest BCUT2D eigenvalue weighted by Crippen LogP contribution is 2.28. The van der Waals surface area contributed by atoms with E-state index in [0.717, 1.165) is 34.7 Å². The van der Waals surface area contributed by atoms with Crippen molar-refractivity contribution in [2.45, 2.75) is 20.4 Å². The number of halogens is 1. The van der Waals surface area contributed by atoms with Gasteiger partial charge in [-0.05, 0) is 63.0 Å². The Bertz CT molecular complexity index is 1600. The van der Waals surface area contributed by atoms with Gasteiger partial charge in [-0.15, -0.1) is 12.4 Å². The second-order valence-electron chi connectivity index (χ2n) is 11.0. The molecule has 0 atom stereocenters. The molecule has 240 valence electrons. The van der Waals surface area contributed by atoms with E-state index in [9.17, 15) is 9.59 Å². The molecule has 4 aromatic rings. The topological polar surface area (TPSA) is 109 Å². The Hall–Kier alpha value is -4.42. The zero-order valence-electron chi connectivity index (χ0n) is 26.5. The number of methoxy groups -OCH3 is 1. The second kappa shape index (κ2) is 15.0. The largest absolute Gasteiger partial charge is 0.494 e. The van der Waals surface area contributed by atoms with E-state index in [1.807, 2.05) is 71.9 Å². The lowest BCUT2D eigenvalue weighted by Crippen LogP contribution is -2.49. The van der Waals surface area contributed by atoms with Gasteiger partial charge in [-0.2, -0.15) is 15.1 Å². The van der Waals surface area contributed by atoms with Crippen LogP contribution in [-0.2, 0) is 11.3 Å². The summed E-state index contributed by atoms with van der Waals surface area (Å²) in [5.74, 6) is 1.49. The van der Waals surface area contributed by atoms with Gasteiger partial charge in [0.1, 0.15) is 11.6 Å². The average Bonchev–Trinajstić information content (AvgIpc) is 3.43. The summed E-state index contributed by atoms with van der Waals surface area (Å²) < 4.78 is 13.0. The van der Waals surface area contributed by atoms with E-state index >= 15 is 0 Å². The fourth-order valence-electron chi connectivity index (χ4n) is 5.30. The highest BCUT2D eigenvalue weighted by atomic mass is 35.5. The molecule has 5 rings (SSSR count). The Balaban J connectivity index is 0.00000461. The van der Waals surface area contributed by atoms with Crippen molar-refractivity contribution in [3.05, 3.63) is 65.9 Å². The van der Waals surface area contributed by atoms with E-state index in [2.05, 4.69) is 20.0 Å². The van der Waals surface area contributed by atoms with Crippen molar-refractivity contribution in [3.8, 4) is 11.8 Å². The van der Waals surface area contributed by atoms with Gasteiger partial charge in [-0.25, -0.2) is 4.68 Å². The van der Waals surface area contributed by atoms with Crippen LogP contribution in [0.25, 0.3) is 11.0 Å². The number of benzene rings is 2. The summed E-state index contributed by atoms with van der Waals surface area (Å²) in [5, 5.41) is 5.46. The molecule has 0 saturated carbocycles. The van der Waals surface area contributed by atoms with Crippen molar-refractivity contribution in [2.24, 2.45) is 0 Å². The molecule has 0 radical (unpaired) electrons. The maximum absolute atomic E-state index is 13.4. The lowest BCUT2D eigenvalue weighted by molar-refractivity contribution is -0.116. The van der Waals surface area contributed by atoms with Crippen LogP contribution in [0.3, 0.4) is 0 Å². The third-order valence-electron chi connectivity index (χ3n) is 7.62. The number of hydrogen-bond donors (Lipinski definition) is 0. The summed E-state index contributed by atoms with van der Waals surface area (Å²) in [6.45, 7) is 8.24. The number of nitrogens with zero attached hydrogens (tertiary/aromatic N) is 8. The quantitative estimate of drug-likeness (QED) is 0.244. The first-order valence-electron chi connectivity index (χ1n) is 14.8. The number of aromatic nitrogens is 4. The van der Waals surface area contributed by atoms with Crippen molar-refractivity contribution in [2.75, 3.05) is 76.9 Å². The fraction of sp³-hybridized carbons (Fsp3) is 0.406. The molecule has 2 aromatic carbocycles. The van der Waals surface area contributed by atoms with E-state index in [1.54, 1.807) is 37.3 Å². The third kappa shape index (κ3) is 7.81. The lowest BCUT2D eigenvalue weighted by atomic mass is 10.1. The maximum atomic E-state index is 13.4. The number of amides is 2. The van der Waals surface area contributed by atoms with E-state index in [-0.39, 0.29) is 30.2 Å². The number of likely N-dealkylation sites (N-methyl/N-ethyl adjacent to an activating group) is 1. The van der Waals surface area contributed by atoms with Crippen LogP contribution in [0.2, 0.25) is 0 Å². The first kappa shape index (κ1) is 33.5. The lowest BCUT2D eigenvalue weighted by Gasteiger charge is -2.35. The number of fused-ring (bicyclic) bond motifs is 1. The Morgan fingerprint density at radius 1 is 0.978 bits per heavy atom. The predicted molar refractivity (Wildman–Crippen MR) is 177 cm³/mol. The van der Waals surface area contributed by atoms with Crippen LogP contribution in [-0.4, -0.2) is 108 Å². The van der Waals surface area contributed by atoms with Gasteiger partial charge in [0, 0.05) is 57.4 Å². The summed E-state index contributed by atoms with van der Waals surface area (Å²) in [5.41, 5.74) is 3.10. The minimum atomic E-state index is -0.0358. The van der Waals surface area contributed by atoms with Gasteiger partial charge in [0.05, 0.1) is 31.8 Å². The van der Waals surface area contributed by atoms with Crippen molar-refractivity contribution < 1.29 is 19.1 Å². The van der Waals surface area contributed by atoms with Gasteiger partial charge in [0.25, 0.3) is 5.91 Å². The molecule has 1 fully saturated rings. The summed E-state index contributed by atoms with van der Waals surface area (Å²) in [7, 11) is 5.50. The summed E-state index contributed by atoms with van der Waals surface area (Å²) >= 11 is 0. The molecule has 45 heavy (non-hydrogen) atoms. The zero-order valence-corrected chi connectivity index (χ0v) is 27.3. The summed E-state index contributed by atoms with van der Waals surface area (Å²) in [6.07, 6.45) is 1.79.